The first-order chi connectivity index (χ1) is 9.65. The molecule has 3 nitrogen and oxygen atoms in total. The van der Waals surface area contributed by atoms with Gasteiger partial charge in [-0.15, -0.1) is 0 Å². The van der Waals surface area contributed by atoms with E-state index in [0.29, 0.717) is 12.6 Å². The van der Waals surface area contributed by atoms with Crippen molar-refractivity contribution in [3.8, 4) is 5.75 Å². The summed E-state index contributed by atoms with van der Waals surface area (Å²) in [6, 6.07) is 8.43. The number of likely N-dealkylation sites (N-methyl/N-ethyl adjacent to an activating group) is 1. The average molecular weight is 343 g/mol. The van der Waals surface area contributed by atoms with Crippen molar-refractivity contribution in [1.82, 2.24) is 0 Å². The summed E-state index contributed by atoms with van der Waals surface area (Å²) in [7, 11) is 2.19. The lowest BCUT2D eigenvalue weighted by atomic mass is 9.94. The summed E-state index contributed by atoms with van der Waals surface area (Å²) in [5.41, 5.74) is 0. The lowest BCUT2D eigenvalue weighted by Crippen LogP contribution is -3.14. The van der Waals surface area contributed by atoms with Crippen LogP contribution in [0.5, 0.6) is 5.75 Å². The van der Waals surface area contributed by atoms with Crippen LogP contribution in [-0.2, 0) is 0 Å². The van der Waals surface area contributed by atoms with Crippen molar-refractivity contribution >= 4 is 15.9 Å². The van der Waals surface area contributed by atoms with Crippen LogP contribution < -0.4 is 9.64 Å². The fourth-order valence-electron chi connectivity index (χ4n) is 2.92. The minimum absolute atomic E-state index is 0.367. The number of rotatable bonds is 6. The Balaban J connectivity index is 1.71. The van der Waals surface area contributed by atoms with Gasteiger partial charge in [-0.2, -0.15) is 0 Å². The Kier molecular flexibility index (Phi) is 6.33. The highest BCUT2D eigenvalue weighted by molar-refractivity contribution is 9.10. The van der Waals surface area contributed by atoms with Gasteiger partial charge in [0.2, 0.25) is 0 Å². The Morgan fingerprint density at radius 1 is 1.25 bits per heavy atom. The molecule has 0 heterocycles. The molecule has 1 unspecified atom stereocenters. The topological polar surface area (TPSA) is 33.9 Å². The number of halogens is 1. The van der Waals surface area contributed by atoms with Gasteiger partial charge in [0, 0.05) is 4.47 Å². The monoisotopic (exact) mass is 342 g/mol. The third-order valence-corrected chi connectivity index (χ3v) is 4.64. The molecule has 1 aliphatic rings. The lowest BCUT2D eigenvalue weighted by molar-refractivity contribution is -0.910. The lowest BCUT2D eigenvalue weighted by Gasteiger charge is -2.29. The summed E-state index contributed by atoms with van der Waals surface area (Å²) in [6.07, 6.45) is 6.25. The first-order valence-corrected chi connectivity index (χ1v) is 8.33. The summed E-state index contributed by atoms with van der Waals surface area (Å²) in [4.78, 5) is 1.44. The Morgan fingerprint density at radius 3 is 2.55 bits per heavy atom. The second-order valence-electron chi connectivity index (χ2n) is 5.80. The van der Waals surface area contributed by atoms with Crippen LogP contribution in [0.4, 0.5) is 0 Å². The van der Waals surface area contributed by atoms with E-state index in [-0.39, 0.29) is 0 Å². The van der Waals surface area contributed by atoms with E-state index in [4.69, 9.17) is 4.74 Å². The number of aliphatic hydroxyl groups is 1. The van der Waals surface area contributed by atoms with E-state index in [9.17, 15) is 5.11 Å². The van der Waals surface area contributed by atoms with Gasteiger partial charge in [-0.25, -0.2) is 0 Å². The third kappa shape index (κ3) is 5.08. The number of benzene rings is 1. The first-order valence-electron chi connectivity index (χ1n) is 7.54. The second kappa shape index (κ2) is 8.01. The number of hydrogen-bond acceptors (Lipinski definition) is 2. The van der Waals surface area contributed by atoms with E-state index in [0.717, 1.165) is 16.8 Å². The van der Waals surface area contributed by atoms with E-state index < -0.39 is 6.10 Å². The van der Waals surface area contributed by atoms with Gasteiger partial charge in [0.15, 0.2) is 0 Å². The molecule has 0 aliphatic heterocycles. The van der Waals surface area contributed by atoms with Gasteiger partial charge in [0.1, 0.15) is 25.0 Å². The highest BCUT2D eigenvalue weighted by Crippen LogP contribution is 2.16. The minimum Gasteiger partial charge on any atom is -0.491 e. The van der Waals surface area contributed by atoms with Crippen LogP contribution in [0.2, 0.25) is 0 Å². The van der Waals surface area contributed by atoms with Crippen LogP contribution in [0, 0.1) is 0 Å². The molecule has 0 aromatic heterocycles. The molecule has 1 aromatic rings. The van der Waals surface area contributed by atoms with Crippen LogP contribution in [0.25, 0.3) is 0 Å². The van der Waals surface area contributed by atoms with Crippen LogP contribution in [-0.4, -0.2) is 37.5 Å². The molecule has 0 radical (unpaired) electrons. The largest absolute Gasteiger partial charge is 0.491 e. The number of quaternary nitrogens is 1. The molecule has 112 valence electrons. The second-order valence-corrected chi connectivity index (χ2v) is 6.72. The molecule has 1 aliphatic carbocycles. The predicted octanol–water partition coefficient (Wildman–Crippen LogP) is 2.04. The molecule has 1 fully saturated rings. The van der Waals surface area contributed by atoms with Crippen molar-refractivity contribution in [2.45, 2.75) is 44.2 Å². The summed E-state index contributed by atoms with van der Waals surface area (Å²) in [6.45, 7) is 1.13. The molecule has 4 heteroatoms. The maximum Gasteiger partial charge on any atom is 0.137 e. The minimum atomic E-state index is -0.402. The maximum atomic E-state index is 10.1. The predicted molar refractivity (Wildman–Crippen MR) is 84.3 cm³/mol. The third-order valence-electron chi connectivity index (χ3n) is 4.12. The number of aliphatic hydroxyl groups excluding tert-OH is 1. The van der Waals surface area contributed by atoms with Crippen molar-refractivity contribution in [1.29, 1.82) is 0 Å². The van der Waals surface area contributed by atoms with Crippen LogP contribution >= 0.6 is 15.9 Å². The van der Waals surface area contributed by atoms with Crippen molar-refractivity contribution in [2.24, 2.45) is 0 Å². The van der Waals surface area contributed by atoms with Crippen molar-refractivity contribution in [3.63, 3.8) is 0 Å². The average Bonchev–Trinajstić information content (AvgIpc) is 2.47. The van der Waals surface area contributed by atoms with Crippen molar-refractivity contribution in [3.05, 3.63) is 28.7 Å². The standard InChI is InChI=1S/C16H24BrNO2/c1-18(14-5-3-2-4-6-14)11-15(19)12-20-16-9-7-13(17)8-10-16/h7-10,14-15,19H,2-6,11-12H2,1H3/p+1/t15-/m1/s1. The first kappa shape index (κ1) is 15.8. The van der Waals surface area contributed by atoms with Gasteiger partial charge in [0.05, 0.1) is 13.1 Å². The van der Waals surface area contributed by atoms with Gasteiger partial charge < -0.3 is 14.7 Å². The fraction of sp³-hybridized carbons (Fsp3) is 0.625. The number of ether oxygens (including phenoxy) is 1. The van der Waals surface area contributed by atoms with Crippen LogP contribution in [0.3, 0.4) is 0 Å². The Bertz CT molecular complexity index is 390. The molecule has 2 atom stereocenters. The molecule has 1 saturated carbocycles. The van der Waals surface area contributed by atoms with Crippen LogP contribution in [0.1, 0.15) is 32.1 Å². The maximum absolute atomic E-state index is 10.1. The van der Waals surface area contributed by atoms with E-state index in [1.807, 2.05) is 24.3 Å². The zero-order chi connectivity index (χ0) is 14.4. The van der Waals surface area contributed by atoms with Gasteiger partial charge in [0.25, 0.3) is 0 Å². The SMILES string of the molecule is C[NH+](C[C@@H](O)COc1ccc(Br)cc1)C1CCCCC1. The number of nitrogens with one attached hydrogen (secondary N) is 1. The normalized spacial score (nSPS) is 19.6. The number of hydrogen-bond donors (Lipinski definition) is 2. The zero-order valence-electron chi connectivity index (χ0n) is 12.1. The molecule has 20 heavy (non-hydrogen) atoms. The van der Waals surface area contributed by atoms with Crippen molar-refractivity contribution in [2.75, 3.05) is 20.2 Å². The fourth-order valence-corrected chi connectivity index (χ4v) is 3.18. The van der Waals surface area contributed by atoms with Gasteiger partial charge in [-0.05, 0) is 49.9 Å². The molecule has 0 bridgehead atoms. The van der Waals surface area contributed by atoms with E-state index >= 15 is 0 Å². The molecule has 0 saturated heterocycles. The van der Waals surface area contributed by atoms with Crippen molar-refractivity contribution < 1.29 is 14.7 Å². The Labute approximate surface area is 130 Å². The van der Waals surface area contributed by atoms with Crippen LogP contribution in [0.15, 0.2) is 28.7 Å². The van der Waals surface area contributed by atoms with Gasteiger partial charge in [-0.3, -0.25) is 0 Å². The molecule has 0 spiro atoms. The summed E-state index contributed by atoms with van der Waals surface area (Å²) in [5.74, 6) is 0.808. The molecule has 1 aromatic carbocycles. The van der Waals surface area contributed by atoms with Gasteiger partial charge >= 0.3 is 0 Å². The van der Waals surface area contributed by atoms with E-state index in [1.54, 1.807) is 0 Å². The molecular weight excluding hydrogens is 318 g/mol. The summed E-state index contributed by atoms with van der Waals surface area (Å²) < 4.78 is 6.66. The molecule has 2 N–H and O–H groups in total. The quantitative estimate of drug-likeness (QED) is 0.829. The smallest absolute Gasteiger partial charge is 0.137 e. The Morgan fingerprint density at radius 2 is 1.90 bits per heavy atom. The zero-order valence-corrected chi connectivity index (χ0v) is 13.7. The molecule has 0 amide bonds. The Hall–Kier alpha value is -0.580. The van der Waals surface area contributed by atoms with Gasteiger partial charge in [-0.1, -0.05) is 22.4 Å². The van der Waals surface area contributed by atoms with E-state index in [1.165, 1.54) is 37.0 Å². The van der Waals surface area contributed by atoms with E-state index in [2.05, 4.69) is 23.0 Å². The highest BCUT2D eigenvalue weighted by atomic mass is 79.9. The molecule has 2 rings (SSSR count). The summed E-state index contributed by atoms with van der Waals surface area (Å²) >= 11 is 3.39. The molecular formula is C16H25BrNO2+. The summed E-state index contributed by atoms with van der Waals surface area (Å²) in [5, 5.41) is 10.1. The highest BCUT2D eigenvalue weighted by Gasteiger charge is 2.23.